The highest BCUT2D eigenvalue weighted by molar-refractivity contribution is 6.04. The fourth-order valence-corrected chi connectivity index (χ4v) is 4.35. The number of hydrogen-bond donors (Lipinski definition) is 4. The van der Waals surface area contributed by atoms with E-state index in [1.165, 1.54) is 23.1 Å². The van der Waals surface area contributed by atoms with Gasteiger partial charge in [-0.3, -0.25) is 28.7 Å². The van der Waals surface area contributed by atoms with E-state index < -0.39 is 47.8 Å². The Hall–Kier alpha value is -5.11. The van der Waals surface area contributed by atoms with E-state index in [0.717, 1.165) is 11.5 Å². The van der Waals surface area contributed by atoms with E-state index in [1.54, 1.807) is 24.3 Å². The van der Waals surface area contributed by atoms with Crippen LogP contribution in [0, 0.1) is 11.7 Å². The normalized spacial score (nSPS) is 16.3. The van der Waals surface area contributed by atoms with Crippen molar-refractivity contribution in [2.75, 3.05) is 23.4 Å². The molecule has 14 heteroatoms. The second kappa shape index (κ2) is 10.3. The second-order valence-electron chi connectivity index (χ2n) is 8.71. The number of halogens is 1. The van der Waals surface area contributed by atoms with E-state index in [2.05, 4.69) is 25.0 Å². The summed E-state index contributed by atoms with van der Waals surface area (Å²) in [6, 6.07) is 11.5. The zero-order valence-corrected chi connectivity index (χ0v) is 20.0. The minimum absolute atomic E-state index is 0.0163. The fraction of sp³-hybridized carbons (Fsp3) is 0.200. The highest BCUT2D eigenvalue weighted by Gasteiger charge is 2.41. The number of hydrogen-bond acceptors (Lipinski definition) is 8. The molecule has 0 spiro atoms. The first kappa shape index (κ1) is 25.5. The molecule has 39 heavy (non-hydrogen) atoms. The lowest BCUT2D eigenvalue weighted by molar-refractivity contribution is -0.149. The number of amides is 2. The molecular weight excluding hydrogens is 517 g/mol. The van der Waals surface area contributed by atoms with Gasteiger partial charge >= 0.3 is 11.7 Å². The number of aromatic amines is 2. The molecule has 0 bridgehead atoms. The van der Waals surface area contributed by atoms with E-state index in [1.807, 2.05) is 0 Å². The summed E-state index contributed by atoms with van der Waals surface area (Å²) in [5.41, 5.74) is 0.486. The molecule has 2 atom stereocenters. The summed E-state index contributed by atoms with van der Waals surface area (Å²) in [7, 11) is 0. The molecular formula is C25H20FN5O8. The van der Waals surface area contributed by atoms with Crippen LogP contribution in [0.4, 0.5) is 15.8 Å². The summed E-state index contributed by atoms with van der Waals surface area (Å²) < 4.78 is 24.6. The van der Waals surface area contributed by atoms with Crippen LogP contribution in [0.15, 0.2) is 62.6 Å². The van der Waals surface area contributed by atoms with Crippen LogP contribution in [0.5, 0.6) is 0 Å². The standard InChI is InChI=1S/C25H20FN5O8/c26-17-9-13(3-5-15(17)22-29-25(37)39-30-22)27-23(35)16(11-20(33)34)21-24(36)31(7-8-38-21)14-4-1-12-2-6-19(32)28-18(12)10-14/h1-6,9-10,16,21H,7-8,11H2,(H,27,35)(H,28,32)(H,33,34)(H,29,30,37)/t16-,21-/m1/s1. The summed E-state index contributed by atoms with van der Waals surface area (Å²) >= 11 is 0. The van der Waals surface area contributed by atoms with Gasteiger partial charge in [0.25, 0.3) is 5.91 Å². The van der Waals surface area contributed by atoms with Crippen LogP contribution >= 0.6 is 0 Å². The molecule has 0 saturated carbocycles. The van der Waals surface area contributed by atoms with Crippen molar-refractivity contribution in [1.82, 2.24) is 15.1 Å². The number of aromatic nitrogens is 3. The van der Waals surface area contributed by atoms with Crippen molar-refractivity contribution < 1.29 is 33.1 Å². The van der Waals surface area contributed by atoms with E-state index in [-0.39, 0.29) is 35.8 Å². The van der Waals surface area contributed by atoms with Crippen molar-refractivity contribution in [1.29, 1.82) is 0 Å². The number of anilines is 2. The Kier molecular flexibility index (Phi) is 6.77. The molecule has 0 aliphatic carbocycles. The number of ether oxygens (including phenoxy) is 1. The number of rotatable bonds is 7. The van der Waals surface area contributed by atoms with Gasteiger partial charge in [-0.25, -0.2) is 9.18 Å². The summed E-state index contributed by atoms with van der Waals surface area (Å²) in [4.78, 5) is 67.3. The Balaban J connectivity index is 1.38. The minimum atomic E-state index is -1.45. The van der Waals surface area contributed by atoms with Gasteiger partial charge in [0.05, 0.1) is 30.0 Å². The Morgan fingerprint density at radius 1 is 1.13 bits per heavy atom. The molecule has 1 fully saturated rings. The number of benzene rings is 2. The van der Waals surface area contributed by atoms with Crippen molar-refractivity contribution in [2.45, 2.75) is 12.5 Å². The van der Waals surface area contributed by atoms with Crippen molar-refractivity contribution in [3.8, 4) is 11.4 Å². The summed E-state index contributed by atoms with van der Waals surface area (Å²) in [5, 5.41) is 16.0. The molecule has 4 aromatic rings. The first-order valence-electron chi connectivity index (χ1n) is 11.6. The Bertz CT molecular complexity index is 1710. The van der Waals surface area contributed by atoms with Gasteiger partial charge in [-0.2, -0.15) is 0 Å². The summed E-state index contributed by atoms with van der Waals surface area (Å²) in [6.07, 6.45) is -2.17. The number of H-pyrrole nitrogens is 2. The largest absolute Gasteiger partial charge is 0.481 e. The van der Waals surface area contributed by atoms with Crippen molar-refractivity contribution in [3.05, 3.63) is 75.3 Å². The van der Waals surface area contributed by atoms with Crippen LogP contribution in [-0.4, -0.2) is 57.3 Å². The molecule has 200 valence electrons. The van der Waals surface area contributed by atoms with E-state index in [0.29, 0.717) is 11.2 Å². The van der Waals surface area contributed by atoms with Gasteiger partial charge in [0.15, 0.2) is 5.82 Å². The third kappa shape index (κ3) is 5.31. The van der Waals surface area contributed by atoms with Crippen molar-refractivity contribution in [3.63, 3.8) is 0 Å². The number of carbonyl (C=O) groups excluding carboxylic acids is 2. The molecule has 1 saturated heterocycles. The second-order valence-corrected chi connectivity index (χ2v) is 8.71. The minimum Gasteiger partial charge on any atom is -0.481 e. The predicted molar refractivity (Wildman–Crippen MR) is 134 cm³/mol. The van der Waals surface area contributed by atoms with E-state index >= 15 is 0 Å². The first-order valence-corrected chi connectivity index (χ1v) is 11.6. The molecule has 13 nitrogen and oxygen atoms in total. The number of fused-ring (bicyclic) bond motifs is 1. The number of nitrogens with one attached hydrogen (secondary N) is 3. The summed E-state index contributed by atoms with van der Waals surface area (Å²) in [6.45, 7) is 0.151. The SMILES string of the molecule is O=C(O)C[C@@H](C(=O)Nc1ccc(-c2noc(=O)[nH]2)c(F)c1)[C@H]1OCCN(c2ccc3ccc(=O)[nH]c3c2)C1=O. The third-order valence-corrected chi connectivity index (χ3v) is 6.17. The lowest BCUT2D eigenvalue weighted by atomic mass is 9.94. The Morgan fingerprint density at radius 2 is 1.92 bits per heavy atom. The van der Waals surface area contributed by atoms with Crippen LogP contribution in [0.25, 0.3) is 22.3 Å². The smallest absolute Gasteiger partial charge is 0.439 e. The number of carboxylic acid groups (broad SMARTS) is 1. The number of morpholine rings is 1. The topological polar surface area (TPSA) is 188 Å². The van der Waals surface area contributed by atoms with Gasteiger partial charge in [-0.15, -0.1) is 0 Å². The monoisotopic (exact) mass is 537 g/mol. The molecule has 3 heterocycles. The number of pyridine rings is 1. The first-order chi connectivity index (χ1) is 18.7. The van der Waals surface area contributed by atoms with Gasteiger partial charge < -0.3 is 25.0 Å². The lowest BCUT2D eigenvalue weighted by Crippen LogP contribution is -2.53. The molecule has 5 rings (SSSR count). The quantitative estimate of drug-likeness (QED) is 0.271. The van der Waals surface area contributed by atoms with Crippen LogP contribution in [0.2, 0.25) is 0 Å². The molecule has 1 aliphatic heterocycles. The zero-order valence-electron chi connectivity index (χ0n) is 20.0. The van der Waals surface area contributed by atoms with Crippen LogP contribution in [0.1, 0.15) is 6.42 Å². The molecule has 2 amide bonds. The van der Waals surface area contributed by atoms with Crippen LogP contribution in [-0.2, 0) is 19.1 Å². The molecule has 1 aliphatic rings. The average molecular weight is 537 g/mol. The van der Waals surface area contributed by atoms with Crippen LogP contribution < -0.4 is 21.5 Å². The van der Waals surface area contributed by atoms with Gasteiger partial charge in [0, 0.05) is 24.0 Å². The Labute approximate surface area is 217 Å². The predicted octanol–water partition coefficient (Wildman–Crippen LogP) is 1.47. The van der Waals surface area contributed by atoms with E-state index in [4.69, 9.17) is 4.74 Å². The number of carboxylic acids is 1. The lowest BCUT2D eigenvalue weighted by Gasteiger charge is -2.35. The molecule has 0 unspecified atom stereocenters. The number of nitrogens with zero attached hydrogens (tertiary/aromatic N) is 2. The highest BCUT2D eigenvalue weighted by atomic mass is 19.1. The Morgan fingerprint density at radius 3 is 2.64 bits per heavy atom. The van der Waals surface area contributed by atoms with Crippen LogP contribution in [0.3, 0.4) is 0 Å². The fourth-order valence-electron chi connectivity index (χ4n) is 4.35. The highest BCUT2D eigenvalue weighted by Crippen LogP contribution is 2.28. The third-order valence-electron chi connectivity index (χ3n) is 6.17. The average Bonchev–Trinajstić information content (AvgIpc) is 3.33. The summed E-state index contributed by atoms with van der Waals surface area (Å²) in [5.74, 6) is -6.19. The molecule has 0 radical (unpaired) electrons. The van der Waals surface area contributed by atoms with Crippen molar-refractivity contribution >= 4 is 40.1 Å². The maximum atomic E-state index is 14.6. The molecule has 2 aromatic heterocycles. The maximum absolute atomic E-state index is 14.6. The van der Waals surface area contributed by atoms with Crippen molar-refractivity contribution in [2.24, 2.45) is 5.92 Å². The zero-order chi connectivity index (χ0) is 27.7. The molecule has 2 aromatic carbocycles. The number of carbonyl (C=O) groups is 3. The van der Waals surface area contributed by atoms with Gasteiger partial charge in [-0.1, -0.05) is 11.2 Å². The molecule has 4 N–H and O–H groups in total. The number of aliphatic carboxylic acids is 1. The van der Waals surface area contributed by atoms with E-state index in [9.17, 15) is 33.5 Å². The van der Waals surface area contributed by atoms with Gasteiger partial charge in [0.1, 0.15) is 11.9 Å². The maximum Gasteiger partial charge on any atom is 0.439 e. The van der Waals surface area contributed by atoms with Gasteiger partial charge in [0.2, 0.25) is 11.5 Å². The van der Waals surface area contributed by atoms with Gasteiger partial charge in [-0.05, 0) is 41.8 Å².